The largest absolute Gasteiger partial charge is 0.573 e. The predicted molar refractivity (Wildman–Crippen MR) is 138 cm³/mol. The molecule has 0 saturated carbocycles. The highest BCUT2D eigenvalue weighted by Gasteiger charge is 2.33. The Hall–Kier alpha value is -4.22. The van der Waals surface area contributed by atoms with Gasteiger partial charge in [-0.1, -0.05) is 31.5 Å². The second-order valence-electron chi connectivity index (χ2n) is 9.56. The third kappa shape index (κ3) is 7.99. The summed E-state index contributed by atoms with van der Waals surface area (Å²) in [5.74, 6) is -7.05. The average Bonchev–Trinajstić information content (AvgIpc) is 2.89. The van der Waals surface area contributed by atoms with Crippen LogP contribution >= 0.6 is 0 Å². The summed E-state index contributed by atoms with van der Waals surface area (Å²) >= 11 is 0. The van der Waals surface area contributed by atoms with Crippen LogP contribution in [0.1, 0.15) is 30.9 Å². The van der Waals surface area contributed by atoms with Crippen LogP contribution in [0.2, 0.25) is 0 Å². The Kier molecular flexibility index (Phi) is 9.26. The van der Waals surface area contributed by atoms with Crippen LogP contribution in [0.15, 0.2) is 66.7 Å². The van der Waals surface area contributed by atoms with E-state index in [0.29, 0.717) is 36.6 Å². The van der Waals surface area contributed by atoms with Crippen molar-refractivity contribution in [1.82, 2.24) is 0 Å². The fourth-order valence-corrected chi connectivity index (χ4v) is 4.41. The molecule has 0 aliphatic heterocycles. The Balaban J connectivity index is 1.47. The fraction of sp³-hybridized carbons (Fsp3) is 0.226. The molecule has 2 nitrogen and oxygen atoms in total. The molecule has 4 rings (SSSR count). The molecule has 4 aromatic rings. The molecule has 0 unspecified atom stereocenters. The topological polar surface area (TPSA) is 18.5 Å². The number of hydrogen-bond acceptors (Lipinski definition) is 2. The summed E-state index contributed by atoms with van der Waals surface area (Å²) < 4.78 is 146. The Morgan fingerprint density at radius 1 is 0.581 bits per heavy atom. The van der Waals surface area contributed by atoms with E-state index in [1.54, 1.807) is 0 Å². The lowest BCUT2D eigenvalue weighted by molar-refractivity contribution is -0.275. The first-order valence-electron chi connectivity index (χ1n) is 12.8. The van der Waals surface area contributed by atoms with E-state index in [4.69, 9.17) is 0 Å². The highest BCUT2D eigenvalue weighted by Crippen LogP contribution is 2.35. The quantitative estimate of drug-likeness (QED) is 0.165. The number of hydrogen-bond donors (Lipinski definition) is 0. The van der Waals surface area contributed by atoms with Crippen molar-refractivity contribution in [3.05, 3.63) is 107 Å². The van der Waals surface area contributed by atoms with Crippen LogP contribution in [0.3, 0.4) is 0 Å². The van der Waals surface area contributed by atoms with Crippen molar-refractivity contribution in [2.75, 3.05) is 0 Å². The van der Waals surface area contributed by atoms with Gasteiger partial charge in [-0.05, 0) is 72.0 Å². The van der Waals surface area contributed by atoms with E-state index in [-0.39, 0.29) is 22.3 Å². The maximum absolute atomic E-state index is 14.9. The molecule has 0 spiro atoms. The highest BCUT2D eigenvalue weighted by molar-refractivity contribution is 5.72. The van der Waals surface area contributed by atoms with E-state index >= 15 is 0 Å². The maximum Gasteiger partial charge on any atom is 0.573 e. The first-order valence-corrected chi connectivity index (χ1v) is 12.8. The molecule has 43 heavy (non-hydrogen) atoms. The van der Waals surface area contributed by atoms with Crippen molar-refractivity contribution in [3.63, 3.8) is 0 Å². The van der Waals surface area contributed by atoms with Crippen LogP contribution in [0.4, 0.5) is 43.9 Å². The molecular formula is C31H22F10O2. The van der Waals surface area contributed by atoms with Crippen molar-refractivity contribution in [1.29, 1.82) is 0 Å². The molecular weight excluding hydrogens is 594 g/mol. The monoisotopic (exact) mass is 616 g/mol. The molecule has 0 aliphatic rings. The minimum absolute atomic E-state index is 0.0352. The van der Waals surface area contributed by atoms with Crippen molar-refractivity contribution in [3.8, 4) is 33.8 Å². The van der Waals surface area contributed by atoms with Crippen molar-refractivity contribution in [2.24, 2.45) is 0 Å². The predicted octanol–water partition coefficient (Wildman–Crippen LogP) is 10.2. The van der Waals surface area contributed by atoms with Crippen molar-refractivity contribution < 1.29 is 53.4 Å². The Morgan fingerprint density at radius 2 is 1.14 bits per heavy atom. The number of aryl methyl sites for hydroxylation is 1. The normalized spacial score (nSPS) is 12.0. The van der Waals surface area contributed by atoms with Crippen molar-refractivity contribution in [2.45, 2.75) is 45.1 Å². The summed E-state index contributed by atoms with van der Waals surface area (Å²) in [6, 6.07) is 10.4. The minimum atomic E-state index is -5.13. The van der Waals surface area contributed by atoms with Gasteiger partial charge in [-0.15, -0.1) is 13.2 Å². The van der Waals surface area contributed by atoms with E-state index in [2.05, 4.69) is 9.47 Å². The molecule has 0 heterocycles. The number of ether oxygens (including phenoxy) is 2. The van der Waals surface area contributed by atoms with Crippen LogP contribution in [0.25, 0.3) is 22.3 Å². The number of rotatable bonds is 10. The molecule has 0 N–H and O–H groups in total. The molecule has 0 aromatic heterocycles. The molecule has 0 amide bonds. The van der Waals surface area contributed by atoms with Gasteiger partial charge in [0.05, 0.1) is 6.42 Å². The lowest BCUT2D eigenvalue weighted by Crippen LogP contribution is -2.26. The first-order chi connectivity index (χ1) is 20.2. The van der Waals surface area contributed by atoms with Crippen LogP contribution in [0.5, 0.6) is 11.5 Å². The first kappa shape index (κ1) is 31.7. The molecule has 0 atom stereocenters. The smallest absolute Gasteiger partial charge is 0.432 e. The third-order valence-electron chi connectivity index (χ3n) is 6.36. The van der Waals surface area contributed by atoms with E-state index in [1.807, 2.05) is 6.92 Å². The van der Waals surface area contributed by atoms with E-state index < -0.39 is 71.5 Å². The van der Waals surface area contributed by atoms with Crippen LogP contribution in [-0.4, -0.2) is 12.5 Å². The summed E-state index contributed by atoms with van der Waals surface area (Å²) in [4.78, 5) is 0. The zero-order valence-electron chi connectivity index (χ0n) is 22.3. The highest BCUT2D eigenvalue weighted by atomic mass is 19.4. The Labute approximate surface area is 239 Å². The Morgan fingerprint density at radius 3 is 1.67 bits per heavy atom. The lowest BCUT2D eigenvalue weighted by Gasteiger charge is -2.19. The molecule has 0 bridgehead atoms. The van der Waals surface area contributed by atoms with Gasteiger partial charge in [0.1, 0.15) is 29.0 Å². The number of halogens is 10. The van der Waals surface area contributed by atoms with Gasteiger partial charge < -0.3 is 9.47 Å². The summed E-state index contributed by atoms with van der Waals surface area (Å²) in [6.07, 6.45) is -9.78. The molecule has 12 heteroatoms. The van der Waals surface area contributed by atoms with Gasteiger partial charge in [-0.2, -0.15) is 8.78 Å². The minimum Gasteiger partial charge on any atom is -0.432 e. The third-order valence-corrected chi connectivity index (χ3v) is 6.36. The number of alkyl halides is 5. The molecule has 0 saturated heterocycles. The standard InChI is InChI=1S/C31H22F10O2/c1-2-3-17-12-24(32)23(25(33)13-17)10-11-30(37,38)42-20-6-8-22(27(35)16-20)18-4-7-21(26(34)14-18)19-5-9-29(28(36)15-19)43-31(39,40)41/h4-9,12-16H,2-3,10-11H2,1H3. The number of benzene rings is 4. The van der Waals surface area contributed by atoms with Gasteiger partial charge in [-0.25, -0.2) is 22.0 Å². The van der Waals surface area contributed by atoms with E-state index in [9.17, 15) is 43.9 Å². The molecule has 0 aliphatic carbocycles. The summed E-state index contributed by atoms with van der Waals surface area (Å²) in [5.41, 5.74) is -0.710. The summed E-state index contributed by atoms with van der Waals surface area (Å²) in [7, 11) is 0. The van der Waals surface area contributed by atoms with E-state index in [1.165, 1.54) is 6.07 Å². The molecule has 0 fully saturated rings. The summed E-state index contributed by atoms with van der Waals surface area (Å²) in [5, 5.41) is 0. The van der Waals surface area contributed by atoms with Gasteiger partial charge in [0.25, 0.3) is 0 Å². The molecule has 228 valence electrons. The maximum atomic E-state index is 14.9. The molecule has 0 radical (unpaired) electrons. The van der Waals surface area contributed by atoms with Gasteiger partial charge >= 0.3 is 12.5 Å². The second-order valence-corrected chi connectivity index (χ2v) is 9.56. The zero-order valence-corrected chi connectivity index (χ0v) is 22.3. The van der Waals surface area contributed by atoms with Crippen molar-refractivity contribution >= 4 is 0 Å². The van der Waals surface area contributed by atoms with Gasteiger partial charge in [0.2, 0.25) is 0 Å². The lowest BCUT2D eigenvalue weighted by atomic mass is 9.99. The Bertz CT molecular complexity index is 1590. The SMILES string of the molecule is CCCc1cc(F)c(CCC(F)(F)Oc2ccc(-c3ccc(-c4ccc(OC(F)(F)F)c(F)c4)c(F)c3)c(F)c2)c(F)c1. The van der Waals surface area contributed by atoms with Gasteiger partial charge in [0.15, 0.2) is 11.6 Å². The van der Waals surface area contributed by atoms with Crippen LogP contribution in [0, 0.1) is 29.1 Å². The second kappa shape index (κ2) is 12.6. The van der Waals surface area contributed by atoms with Gasteiger partial charge in [-0.3, -0.25) is 0 Å². The fourth-order valence-electron chi connectivity index (χ4n) is 4.41. The van der Waals surface area contributed by atoms with Crippen LogP contribution < -0.4 is 9.47 Å². The van der Waals surface area contributed by atoms with Gasteiger partial charge in [0, 0.05) is 22.8 Å². The van der Waals surface area contributed by atoms with Crippen LogP contribution in [-0.2, 0) is 12.8 Å². The van der Waals surface area contributed by atoms with E-state index in [0.717, 1.165) is 42.5 Å². The molecule has 4 aromatic carbocycles. The average molecular weight is 616 g/mol. The zero-order chi connectivity index (χ0) is 31.5. The summed E-state index contributed by atoms with van der Waals surface area (Å²) in [6.45, 7) is 1.82.